The average molecular weight is 487 g/mol. The monoisotopic (exact) mass is 486 g/mol. The van der Waals surface area contributed by atoms with Gasteiger partial charge in [0.15, 0.2) is 0 Å². The Morgan fingerprint density at radius 2 is 1.91 bits per heavy atom. The molecule has 33 heavy (non-hydrogen) atoms. The Morgan fingerprint density at radius 3 is 2.45 bits per heavy atom. The molecule has 0 unspecified atom stereocenters. The Hall–Kier alpha value is -2.96. The van der Waals surface area contributed by atoms with Gasteiger partial charge in [0, 0.05) is 37.7 Å². The molecule has 1 saturated heterocycles. The van der Waals surface area contributed by atoms with Gasteiger partial charge < -0.3 is 14.8 Å². The Balaban J connectivity index is 0.000000383. The lowest BCUT2D eigenvalue weighted by molar-refractivity contribution is -0.192. The van der Waals surface area contributed by atoms with Crippen molar-refractivity contribution in [2.75, 3.05) is 13.1 Å². The Bertz CT molecular complexity index is 1050. The van der Waals surface area contributed by atoms with Gasteiger partial charge in [-0.25, -0.2) is 14.5 Å². The summed E-state index contributed by atoms with van der Waals surface area (Å²) in [5.41, 5.74) is 1.84. The first-order chi connectivity index (χ1) is 15.7. The lowest BCUT2D eigenvalue weighted by Crippen LogP contribution is -2.34. The van der Waals surface area contributed by atoms with E-state index in [9.17, 15) is 13.2 Å². The number of aliphatic carboxylic acids is 1. The van der Waals surface area contributed by atoms with E-state index in [1.54, 1.807) is 6.20 Å². The molecule has 2 N–H and O–H groups in total. The maximum atomic E-state index is 10.6. The van der Waals surface area contributed by atoms with E-state index < -0.39 is 12.1 Å². The third-order valence-corrected chi connectivity index (χ3v) is 5.29. The molecule has 0 aliphatic carbocycles. The Labute approximate surface area is 192 Å². The van der Waals surface area contributed by atoms with Gasteiger partial charge in [0.1, 0.15) is 11.5 Å². The van der Waals surface area contributed by atoms with E-state index in [1.807, 2.05) is 35.3 Å². The molecule has 13 heteroatoms. The fourth-order valence-electron chi connectivity index (χ4n) is 3.41. The minimum atomic E-state index is -5.08. The number of hydrogen-bond donors (Lipinski definition) is 2. The molecule has 4 heterocycles. The summed E-state index contributed by atoms with van der Waals surface area (Å²) in [6.45, 7) is 2.81. The fourth-order valence-corrected chi connectivity index (χ4v) is 3.53. The van der Waals surface area contributed by atoms with E-state index in [0.29, 0.717) is 16.8 Å². The normalized spacial score (nSPS) is 15.2. The molecule has 0 amide bonds. The van der Waals surface area contributed by atoms with Crippen LogP contribution in [0.3, 0.4) is 0 Å². The zero-order valence-corrected chi connectivity index (χ0v) is 18.1. The summed E-state index contributed by atoms with van der Waals surface area (Å²) >= 11 is 5.94. The molecule has 0 aromatic carbocycles. The molecule has 0 saturated carbocycles. The third-order valence-electron chi connectivity index (χ3n) is 5.07. The number of aromatic nitrogens is 5. The number of aliphatic hydroxyl groups excluding tert-OH is 1. The van der Waals surface area contributed by atoms with Crippen LogP contribution in [0.4, 0.5) is 13.2 Å². The number of carboxylic acids is 1. The van der Waals surface area contributed by atoms with Crippen LogP contribution in [0.25, 0.3) is 5.82 Å². The molecule has 178 valence electrons. The van der Waals surface area contributed by atoms with E-state index in [2.05, 4.69) is 30.8 Å². The number of nitrogens with zero attached hydrogens (tertiary/aromatic N) is 6. The van der Waals surface area contributed by atoms with Crippen LogP contribution in [0.1, 0.15) is 30.3 Å². The van der Waals surface area contributed by atoms with Gasteiger partial charge in [-0.15, -0.1) is 5.10 Å². The van der Waals surface area contributed by atoms with Crippen molar-refractivity contribution in [3.8, 4) is 5.82 Å². The van der Waals surface area contributed by atoms with Crippen LogP contribution in [-0.2, 0) is 17.9 Å². The van der Waals surface area contributed by atoms with Gasteiger partial charge in [-0.2, -0.15) is 13.2 Å². The van der Waals surface area contributed by atoms with Crippen LogP contribution >= 0.6 is 11.6 Å². The number of alkyl halides is 3. The Kier molecular flexibility index (Phi) is 8.06. The van der Waals surface area contributed by atoms with Crippen molar-refractivity contribution in [3.63, 3.8) is 0 Å². The molecule has 0 bridgehead atoms. The van der Waals surface area contributed by atoms with Crippen LogP contribution in [0.2, 0.25) is 5.02 Å². The maximum absolute atomic E-state index is 10.6. The molecule has 4 rings (SSSR count). The highest BCUT2D eigenvalue weighted by Crippen LogP contribution is 2.24. The second-order valence-electron chi connectivity index (χ2n) is 7.36. The summed E-state index contributed by atoms with van der Waals surface area (Å²) < 4.78 is 35.7. The number of likely N-dealkylation sites (tertiary alicyclic amines) is 1. The van der Waals surface area contributed by atoms with E-state index >= 15 is 0 Å². The number of aliphatic hydroxyl groups is 1. The highest BCUT2D eigenvalue weighted by atomic mass is 35.5. The zero-order valence-electron chi connectivity index (χ0n) is 17.4. The molecule has 9 nitrogen and oxygen atoms in total. The molecule has 1 fully saturated rings. The topological polar surface area (TPSA) is 109 Å². The first-order valence-corrected chi connectivity index (χ1v) is 10.4. The van der Waals surface area contributed by atoms with Gasteiger partial charge in [0.05, 0.1) is 23.9 Å². The zero-order chi connectivity index (χ0) is 24.0. The van der Waals surface area contributed by atoms with Crippen molar-refractivity contribution in [2.24, 2.45) is 0 Å². The second kappa shape index (κ2) is 10.8. The minimum absolute atomic E-state index is 0.0609. The lowest BCUT2D eigenvalue weighted by atomic mass is 10.1. The van der Waals surface area contributed by atoms with Crippen molar-refractivity contribution in [1.29, 1.82) is 0 Å². The number of pyridine rings is 1. The summed E-state index contributed by atoms with van der Waals surface area (Å²) in [6.07, 6.45) is 2.51. The molecule has 1 aliphatic rings. The highest BCUT2D eigenvalue weighted by molar-refractivity contribution is 6.30. The number of piperidine rings is 1. The van der Waals surface area contributed by atoms with Crippen molar-refractivity contribution in [1.82, 2.24) is 29.4 Å². The van der Waals surface area contributed by atoms with Gasteiger partial charge in [0.25, 0.3) is 0 Å². The van der Waals surface area contributed by atoms with E-state index in [0.717, 1.165) is 38.3 Å². The number of carbonyl (C=O) groups is 1. The summed E-state index contributed by atoms with van der Waals surface area (Å²) in [6, 6.07) is 8.32. The summed E-state index contributed by atoms with van der Waals surface area (Å²) in [5, 5.41) is 25.0. The van der Waals surface area contributed by atoms with E-state index in [1.165, 1.54) is 5.69 Å². The molecule has 1 aliphatic heterocycles. The van der Waals surface area contributed by atoms with Crippen LogP contribution in [0.5, 0.6) is 0 Å². The molecule has 0 spiro atoms. The smallest absolute Gasteiger partial charge is 0.475 e. The quantitative estimate of drug-likeness (QED) is 0.570. The molecule has 3 aromatic rings. The Morgan fingerprint density at radius 1 is 1.21 bits per heavy atom. The van der Waals surface area contributed by atoms with Crippen LogP contribution in [0.15, 0.2) is 42.9 Å². The van der Waals surface area contributed by atoms with Crippen LogP contribution in [-0.4, -0.2) is 64.9 Å². The molecule has 0 radical (unpaired) electrons. The van der Waals surface area contributed by atoms with Gasteiger partial charge in [-0.3, -0.25) is 4.90 Å². The van der Waals surface area contributed by atoms with Crippen LogP contribution in [0, 0.1) is 0 Å². The predicted molar refractivity (Wildman–Crippen MR) is 112 cm³/mol. The summed E-state index contributed by atoms with van der Waals surface area (Å²) in [5.74, 6) is -1.88. The standard InChI is InChI=1S/C18H21ClN6O.C2HF3O2/c19-14-3-4-18(20-10-14)24-7-1-2-17(24)12-23-8-5-16(6-9-23)25-11-15(13-26)21-22-25;3-2(4,5)1(6)7/h1-4,7,10-11,16,26H,5-6,8-9,12-13H2;(H,6,7). The van der Waals surface area contributed by atoms with Crippen molar-refractivity contribution in [3.05, 3.63) is 59.3 Å². The number of carboxylic acid groups (broad SMARTS) is 1. The maximum Gasteiger partial charge on any atom is 0.490 e. The lowest BCUT2D eigenvalue weighted by Gasteiger charge is -2.31. The van der Waals surface area contributed by atoms with Crippen LogP contribution < -0.4 is 0 Å². The molecular weight excluding hydrogens is 465 g/mol. The van der Waals surface area contributed by atoms with Crippen molar-refractivity contribution < 1.29 is 28.2 Å². The number of rotatable bonds is 5. The van der Waals surface area contributed by atoms with Gasteiger partial charge >= 0.3 is 12.1 Å². The molecule has 3 aromatic heterocycles. The summed E-state index contributed by atoms with van der Waals surface area (Å²) in [7, 11) is 0. The summed E-state index contributed by atoms with van der Waals surface area (Å²) in [4.78, 5) is 15.8. The van der Waals surface area contributed by atoms with E-state index in [-0.39, 0.29) is 6.61 Å². The second-order valence-corrected chi connectivity index (χ2v) is 7.80. The average Bonchev–Trinajstić information content (AvgIpc) is 3.44. The van der Waals surface area contributed by atoms with Crippen molar-refractivity contribution in [2.45, 2.75) is 38.2 Å². The third kappa shape index (κ3) is 6.76. The number of hydrogen-bond acceptors (Lipinski definition) is 6. The highest BCUT2D eigenvalue weighted by Gasteiger charge is 2.38. The molecular formula is C20H22ClF3N6O3. The minimum Gasteiger partial charge on any atom is -0.475 e. The van der Waals surface area contributed by atoms with Crippen molar-refractivity contribution >= 4 is 17.6 Å². The van der Waals surface area contributed by atoms with Gasteiger partial charge in [0.2, 0.25) is 0 Å². The van der Waals surface area contributed by atoms with Gasteiger partial charge in [-0.05, 0) is 37.1 Å². The SMILES string of the molecule is O=C(O)C(F)(F)F.OCc1cn(C2CCN(Cc3cccn3-c3ccc(Cl)cn3)CC2)nn1. The first kappa shape index (κ1) is 24.7. The van der Waals surface area contributed by atoms with E-state index in [4.69, 9.17) is 26.6 Å². The molecule has 0 atom stereocenters. The van der Waals surface area contributed by atoms with Gasteiger partial charge in [-0.1, -0.05) is 16.8 Å². The predicted octanol–water partition coefficient (Wildman–Crippen LogP) is 3.08. The largest absolute Gasteiger partial charge is 0.490 e. The fraction of sp³-hybridized carbons (Fsp3) is 0.400. The first-order valence-electron chi connectivity index (χ1n) is 9.99. The number of halogens is 4.